The molecule has 6 nitrogen and oxygen atoms in total. The molecule has 182 valence electrons. The molecule has 2 heterocycles. The van der Waals surface area contributed by atoms with E-state index in [0.29, 0.717) is 48.4 Å². The highest BCUT2D eigenvalue weighted by Crippen LogP contribution is 2.38. The number of methoxy groups -OCH3 is 1. The smallest absolute Gasteiger partial charge is 0.338 e. The van der Waals surface area contributed by atoms with Crippen LogP contribution in [0, 0.1) is 0 Å². The Balaban J connectivity index is 2.07. The average molecular weight is 531 g/mol. The van der Waals surface area contributed by atoms with Gasteiger partial charge in [-0.3, -0.25) is 9.36 Å². The van der Waals surface area contributed by atoms with E-state index in [2.05, 4.69) is 0 Å². The number of hydrogen-bond acceptors (Lipinski definition) is 6. The normalized spacial score (nSPS) is 15.6. The van der Waals surface area contributed by atoms with Gasteiger partial charge in [0.1, 0.15) is 11.8 Å². The molecule has 2 aromatic carbocycles. The highest BCUT2D eigenvalue weighted by molar-refractivity contribution is 7.07. The van der Waals surface area contributed by atoms with Crippen molar-refractivity contribution in [3.05, 3.63) is 94.6 Å². The Kier molecular flexibility index (Phi) is 7.79. The molecule has 1 atom stereocenters. The molecular formula is C26H24Cl2N2O4S. The zero-order chi connectivity index (χ0) is 25.1. The van der Waals surface area contributed by atoms with Crippen molar-refractivity contribution < 1.29 is 14.3 Å². The second kappa shape index (κ2) is 10.8. The van der Waals surface area contributed by atoms with Crippen LogP contribution in [0.4, 0.5) is 0 Å². The predicted octanol–water partition coefficient (Wildman–Crippen LogP) is 4.89. The van der Waals surface area contributed by atoms with Gasteiger partial charge in [-0.2, -0.15) is 0 Å². The molecular weight excluding hydrogens is 507 g/mol. The van der Waals surface area contributed by atoms with Crippen molar-refractivity contribution in [2.75, 3.05) is 13.7 Å². The van der Waals surface area contributed by atoms with Crippen molar-refractivity contribution in [2.45, 2.75) is 32.7 Å². The summed E-state index contributed by atoms with van der Waals surface area (Å²) < 4.78 is 13.0. The molecule has 0 bridgehead atoms. The number of nitrogens with zero attached hydrogens (tertiary/aromatic N) is 2. The van der Waals surface area contributed by atoms with Gasteiger partial charge in [-0.25, -0.2) is 9.79 Å². The van der Waals surface area contributed by atoms with E-state index in [4.69, 9.17) is 37.7 Å². The van der Waals surface area contributed by atoms with Crippen molar-refractivity contribution in [3.8, 4) is 5.75 Å². The summed E-state index contributed by atoms with van der Waals surface area (Å²) in [5.74, 6) is -0.0215. The van der Waals surface area contributed by atoms with Crippen LogP contribution in [0.5, 0.6) is 5.75 Å². The number of rotatable bonds is 7. The summed E-state index contributed by atoms with van der Waals surface area (Å²) in [4.78, 5) is 32.3. The lowest BCUT2D eigenvalue weighted by Gasteiger charge is -2.27. The van der Waals surface area contributed by atoms with Crippen molar-refractivity contribution >= 4 is 46.6 Å². The predicted molar refractivity (Wildman–Crippen MR) is 139 cm³/mol. The summed E-state index contributed by atoms with van der Waals surface area (Å²) in [6.45, 7) is 3.94. The number of fused-ring (bicyclic) bond motifs is 1. The maximum Gasteiger partial charge on any atom is 0.338 e. The summed E-state index contributed by atoms with van der Waals surface area (Å²) in [7, 11) is 1.54. The van der Waals surface area contributed by atoms with Gasteiger partial charge >= 0.3 is 5.97 Å². The van der Waals surface area contributed by atoms with Gasteiger partial charge < -0.3 is 9.47 Å². The highest BCUT2D eigenvalue weighted by Gasteiger charge is 2.36. The van der Waals surface area contributed by atoms with Gasteiger partial charge in [0.15, 0.2) is 4.80 Å². The summed E-state index contributed by atoms with van der Waals surface area (Å²) in [6.07, 6.45) is 3.05. The number of aromatic nitrogens is 1. The molecule has 0 spiro atoms. The maximum atomic E-state index is 13.8. The third kappa shape index (κ3) is 4.94. The molecule has 1 aromatic heterocycles. The second-order valence-corrected chi connectivity index (χ2v) is 9.67. The van der Waals surface area contributed by atoms with Gasteiger partial charge in [-0.15, -0.1) is 0 Å². The number of esters is 1. The molecule has 1 aliphatic heterocycles. The first-order chi connectivity index (χ1) is 16.9. The van der Waals surface area contributed by atoms with Crippen LogP contribution in [0.25, 0.3) is 6.08 Å². The Labute approximate surface area is 216 Å². The maximum absolute atomic E-state index is 13.8. The number of carbonyl (C=O) groups excluding carboxylic acids is 1. The minimum atomic E-state index is -0.811. The average Bonchev–Trinajstić information content (AvgIpc) is 3.14. The molecule has 0 saturated carbocycles. The first-order valence-corrected chi connectivity index (χ1v) is 12.8. The lowest BCUT2D eigenvalue weighted by atomic mass is 9.93. The molecule has 4 rings (SSSR count). The van der Waals surface area contributed by atoms with E-state index in [1.165, 1.54) is 23.0 Å². The van der Waals surface area contributed by atoms with E-state index in [0.717, 1.165) is 12.0 Å². The van der Waals surface area contributed by atoms with Crippen LogP contribution in [0.1, 0.15) is 43.9 Å². The molecule has 0 radical (unpaired) electrons. The zero-order valence-electron chi connectivity index (χ0n) is 19.5. The number of benzene rings is 2. The number of hydrogen-bond donors (Lipinski definition) is 0. The lowest BCUT2D eigenvalue weighted by molar-refractivity contribution is -0.139. The Morgan fingerprint density at radius 3 is 2.66 bits per heavy atom. The molecule has 3 aromatic rings. The summed E-state index contributed by atoms with van der Waals surface area (Å²) in [5, 5.41) is 0.988. The van der Waals surface area contributed by atoms with Crippen LogP contribution in [-0.2, 0) is 9.53 Å². The molecule has 0 fully saturated rings. The summed E-state index contributed by atoms with van der Waals surface area (Å²) in [5.41, 5.74) is 1.90. The number of allylic oxidation sites excluding steroid dienone is 1. The second-order valence-electron chi connectivity index (χ2n) is 7.82. The topological polar surface area (TPSA) is 69.9 Å². The highest BCUT2D eigenvalue weighted by atomic mass is 35.5. The van der Waals surface area contributed by atoms with E-state index in [1.54, 1.807) is 37.3 Å². The van der Waals surface area contributed by atoms with Crippen LogP contribution in [0.2, 0.25) is 10.0 Å². The monoisotopic (exact) mass is 530 g/mol. The van der Waals surface area contributed by atoms with Crippen molar-refractivity contribution in [1.29, 1.82) is 0 Å². The molecule has 35 heavy (non-hydrogen) atoms. The van der Waals surface area contributed by atoms with E-state index < -0.39 is 12.0 Å². The first kappa shape index (κ1) is 25.2. The molecule has 0 amide bonds. The number of ether oxygens (including phenoxy) is 2. The Hall–Kier alpha value is -2.87. The minimum Gasteiger partial charge on any atom is -0.496 e. The Bertz CT molecular complexity index is 1490. The molecule has 0 N–H and O–H groups in total. The van der Waals surface area contributed by atoms with E-state index in [-0.39, 0.29) is 12.2 Å². The lowest BCUT2D eigenvalue weighted by Crippen LogP contribution is -2.40. The van der Waals surface area contributed by atoms with E-state index in [1.807, 2.05) is 25.1 Å². The van der Waals surface area contributed by atoms with Crippen LogP contribution in [0.15, 0.2) is 63.5 Å². The summed E-state index contributed by atoms with van der Waals surface area (Å²) >= 11 is 13.9. The fraction of sp³-hybridized carbons (Fsp3) is 0.269. The van der Waals surface area contributed by atoms with E-state index >= 15 is 0 Å². The van der Waals surface area contributed by atoms with Crippen LogP contribution >= 0.6 is 34.5 Å². The summed E-state index contributed by atoms with van der Waals surface area (Å²) in [6, 6.07) is 11.6. The van der Waals surface area contributed by atoms with Gasteiger partial charge in [0, 0.05) is 15.6 Å². The molecule has 0 unspecified atom stereocenters. The van der Waals surface area contributed by atoms with Crippen molar-refractivity contribution in [2.24, 2.45) is 4.99 Å². The Morgan fingerprint density at radius 1 is 1.20 bits per heavy atom. The van der Waals surface area contributed by atoms with Crippen LogP contribution < -0.4 is 19.6 Å². The first-order valence-electron chi connectivity index (χ1n) is 11.2. The third-order valence-electron chi connectivity index (χ3n) is 5.57. The third-order valence-corrected chi connectivity index (χ3v) is 7.13. The van der Waals surface area contributed by atoms with Gasteiger partial charge in [-0.1, -0.05) is 66.1 Å². The van der Waals surface area contributed by atoms with Crippen LogP contribution in [0.3, 0.4) is 0 Å². The molecule has 1 aliphatic rings. The molecule has 0 aliphatic carbocycles. The standard InChI is InChI=1S/C26H24Cl2N2O4S/c1-4-8-19-22(25(32)34-5-2)23(17-14-16(27)11-12-20(17)33-3)30-24(31)21(35-26(30)29-19)13-15-9-6-7-10-18(15)28/h6-7,9-14,23H,4-5,8H2,1-3H3/b21-13+/t23-/m1/s1. The van der Waals surface area contributed by atoms with Crippen molar-refractivity contribution in [3.63, 3.8) is 0 Å². The zero-order valence-corrected chi connectivity index (χ0v) is 21.8. The SMILES string of the molecule is CCCC1=C(C(=O)OCC)[C@@H](c2cc(Cl)ccc2OC)n2c(s/c(=C/c3ccccc3Cl)c2=O)=N1. The quantitative estimate of drug-likeness (QED) is 0.407. The minimum absolute atomic E-state index is 0.193. The number of halogens is 2. The molecule has 9 heteroatoms. The fourth-order valence-electron chi connectivity index (χ4n) is 4.07. The molecule has 0 saturated heterocycles. The van der Waals surface area contributed by atoms with Gasteiger partial charge in [0.25, 0.3) is 5.56 Å². The Morgan fingerprint density at radius 2 is 1.97 bits per heavy atom. The van der Waals surface area contributed by atoms with E-state index in [9.17, 15) is 9.59 Å². The van der Waals surface area contributed by atoms with Crippen molar-refractivity contribution in [1.82, 2.24) is 4.57 Å². The fourth-order valence-corrected chi connectivity index (χ4v) is 5.45. The van der Waals surface area contributed by atoms with Gasteiger partial charge in [0.2, 0.25) is 0 Å². The largest absolute Gasteiger partial charge is 0.496 e. The number of carbonyl (C=O) groups is 1. The van der Waals surface area contributed by atoms with Crippen LogP contribution in [-0.4, -0.2) is 24.3 Å². The number of thiazole rings is 1. The van der Waals surface area contributed by atoms with Gasteiger partial charge in [-0.05, 0) is 49.2 Å². The van der Waals surface area contributed by atoms with Gasteiger partial charge in [0.05, 0.1) is 29.5 Å².